The average molecular weight is 311 g/mol. The van der Waals surface area contributed by atoms with Crippen molar-refractivity contribution in [2.24, 2.45) is 0 Å². The van der Waals surface area contributed by atoms with Crippen LogP contribution in [0.5, 0.6) is 0 Å². The molecule has 0 unspecified atom stereocenters. The number of halogens is 1. The normalized spacial score (nSPS) is 14.7. The van der Waals surface area contributed by atoms with Gasteiger partial charge in [-0.05, 0) is 31.5 Å². The zero-order chi connectivity index (χ0) is 16.4. The number of hydrogen-bond donors (Lipinski definition) is 0. The Morgan fingerprint density at radius 2 is 1.70 bits per heavy atom. The van der Waals surface area contributed by atoms with Gasteiger partial charge in [0.25, 0.3) is 0 Å². The highest BCUT2D eigenvalue weighted by Gasteiger charge is 2.23. The van der Waals surface area contributed by atoms with Crippen LogP contribution in [0.2, 0.25) is 0 Å². The molecule has 1 aromatic heterocycles. The number of piperazine rings is 1. The molecular weight excluding hydrogens is 293 g/mol. The summed E-state index contributed by atoms with van der Waals surface area (Å²) in [6, 6.07) is 9.04. The van der Waals surface area contributed by atoms with Gasteiger partial charge in [-0.2, -0.15) is 10.4 Å². The first-order valence-corrected chi connectivity index (χ1v) is 7.60. The maximum atomic E-state index is 13.9. The predicted octanol–water partition coefficient (Wildman–Crippen LogP) is 2.43. The van der Waals surface area contributed by atoms with Gasteiger partial charge in [0.05, 0.1) is 11.4 Å². The first kappa shape index (κ1) is 15.2. The van der Waals surface area contributed by atoms with Crippen LogP contribution >= 0.6 is 0 Å². The van der Waals surface area contributed by atoms with E-state index in [2.05, 4.69) is 21.2 Å². The van der Waals surface area contributed by atoms with E-state index in [-0.39, 0.29) is 5.82 Å². The van der Waals surface area contributed by atoms with Crippen LogP contribution < -0.4 is 9.80 Å². The van der Waals surface area contributed by atoms with E-state index in [9.17, 15) is 9.65 Å². The molecule has 6 heteroatoms. The second-order valence-corrected chi connectivity index (χ2v) is 5.65. The highest BCUT2D eigenvalue weighted by Crippen LogP contribution is 2.25. The number of aryl methyl sites for hydroxylation is 1. The van der Waals surface area contributed by atoms with E-state index in [4.69, 9.17) is 0 Å². The van der Waals surface area contributed by atoms with Gasteiger partial charge < -0.3 is 9.80 Å². The average Bonchev–Trinajstić information content (AvgIpc) is 2.58. The third-order valence-corrected chi connectivity index (χ3v) is 4.32. The van der Waals surface area contributed by atoms with Crippen molar-refractivity contribution < 1.29 is 4.39 Å². The molecule has 0 aliphatic carbocycles. The third kappa shape index (κ3) is 2.82. The van der Waals surface area contributed by atoms with Gasteiger partial charge in [-0.25, -0.2) is 4.39 Å². The lowest BCUT2D eigenvalue weighted by Crippen LogP contribution is -2.47. The summed E-state index contributed by atoms with van der Waals surface area (Å²) in [7, 11) is 0. The van der Waals surface area contributed by atoms with Gasteiger partial charge in [0, 0.05) is 26.2 Å². The van der Waals surface area contributed by atoms with Crippen molar-refractivity contribution in [1.29, 1.82) is 5.26 Å². The number of nitriles is 1. The molecule has 1 fully saturated rings. The fourth-order valence-electron chi connectivity index (χ4n) is 2.82. The largest absolute Gasteiger partial charge is 0.366 e. The van der Waals surface area contributed by atoms with Crippen LogP contribution in [0.15, 0.2) is 24.3 Å². The molecule has 0 amide bonds. The lowest BCUT2D eigenvalue weighted by Gasteiger charge is -2.37. The Hall–Kier alpha value is -2.68. The van der Waals surface area contributed by atoms with E-state index >= 15 is 0 Å². The van der Waals surface area contributed by atoms with Crippen molar-refractivity contribution in [3.05, 3.63) is 46.9 Å². The van der Waals surface area contributed by atoms with E-state index in [1.54, 1.807) is 12.1 Å². The highest BCUT2D eigenvalue weighted by atomic mass is 19.1. The van der Waals surface area contributed by atoms with Crippen molar-refractivity contribution in [2.45, 2.75) is 13.8 Å². The summed E-state index contributed by atoms with van der Waals surface area (Å²) in [5.74, 6) is 0.424. The minimum absolute atomic E-state index is 0.204. The highest BCUT2D eigenvalue weighted by molar-refractivity contribution is 5.59. The molecule has 1 aliphatic heterocycles. The summed E-state index contributed by atoms with van der Waals surface area (Å²) in [5, 5.41) is 17.8. The van der Waals surface area contributed by atoms with Gasteiger partial charge in [0.1, 0.15) is 17.4 Å². The Morgan fingerprint density at radius 1 is 1.04 bits per heavy atom. The predicted molar refractivity (Wildman–Crippen MR) is 87.0 cm³/mol. The van der Waals surface area contributed by atoms with Crippen LogP contribution in [0.3, 0.4) is 0 Å². The number of anilines is 2. The Balaban J connectivity index is 1.79. The quantitative estimate of drug-likeness (QED) is 0.852. The van der Waals surface area contributed by atoms with Crippen LogP contribution in [-0.2, 0) is 0 Å². The first-order valence-electron chi connectivity index (χ1n) is 7.60. The molecule has 0 saturated carbocycles. The number of nitrogens with zero attached hydrogens (tertiary/aromatic N) is 5. The summed E-state index contributed by atoms with van der Waals surface area (Å²) in [6.07, 6.45) is 0. The van der Waals surface area contributed by atoms with Crippen molar-refractivity contribution in [3.63, 3.8) is 0 Å². The molecule has 0 bridgehead atoms. The van der Waals surface area contributed by atoms with Crippen LogP contribution in [0.25, 0.3) is 0 Å². The SMILES string of the molecule is Cc1nnc(N2CCN(c3ccccc3F)CC2)c(C#N)c1C. The molecule has 1 aliphatic rings. The van der Waals surface area contributed by atoms with E-state index < -0.39 is 0 Å². The van der Waals surface area contributed by atoms with Gasteiger partial charge in [0.15, 0.2) is 5.82 Å². The minimum atomic E-state index is -0.204. The van der Waals surface area contributed by atoms with Crippen molar-refractivity contribution in [1.82, 2.24) is 10.2 Å². The van der Waals surface area contributed by atoms with E-state index in [0.29, 0.717) is 43.2 Å². The summed E-state index contributed by atoms with van der Waals surface area (Å²) < 4.78 is 13.9. The topological polar surface area (TPSA) is 56.1 Å². The van der Waals surface area contributed by atoms with Gasteiger partial charge >= 0.3 is 0 Å². The monoisotopic (exact) mass is 311 g/mol. The molecule has 2 heterocycles. The summed E-state index contributed by atoms with van der Waals surface area (Å²) in [4.78, 5) is 4.07. The number of hydrogen-bond acceptors (Lipinski definition) is 5. The maximum Gasteiger partial charge on any atom is 0.169 e. The van der Waals surface area contributed by atoms with Crippen molar-refractivity contribution >= 4 is 11.5 Å². The van der Waals surface area contributed by atoms with Crippen LogP contribution in [0, 0.1) is 31.0 Å². The molecule has 1 saturated heterocycles. The second-order valence-electron chi connectivity index (χ2n) is 5.65. The summed E-state index contributed by atoms with van der Waals surface area (Å²) in [6.45, 7) is 6.46. The summed E-state index contributed by atoms with van der Waals surface area (Å²) in [5.41, 5.74) is 2.85. The Morgan fingerprint density at radius 3 is 2.35 bits per heavy atom. The van der Waals surface area contributed by atoms with Gasteiger partial charge in [-0.1, -0.05) is 12.1 Å². The molecular formula is C17H18FN5. The van der Waals surface area contributed by atoms with Gasteiger partial charge in [-0.3, -0.25) is 0 Å². The maximum absolute atomic E-state index is 13.9. The van der Waals surface area contributed by atoms with Gasteiger partial charge in [0.2, 0.25) is 0 Å². The lowest BCUT2D eigenvalue weighted by molar-refractivity contribution is 0.594. The molecule has 3 rings (SSSR count). The summed E-state index contributed by atoms with van der Waals surface area (Å²) >= 11 is 0. The Bertz CT molecular complexity index is 760. The second kappa shape index (κ2) is 6.21. The van der Waals surface area contributed by atoms with Crippen LogP contribution in [-0.4, -0.2) is 36.4 Å². The van der Waals surface area contributed by atoms with Gasteiger partial charge in [-0.15, -0.1) is 5.10 Å². The third-order valence-electron chi connectivity index (χ3n) is 4.32. The van der Waals surface area contributed by atoms with E-state index in [1.165, 1.54) is 6.07 Å². The molecule has 5 nitrogen and oxygen atoms in total. The molecule has 23 heavy (non-hydrogen) atoms. The van der Waals surface area contributed by atoms with Crippen molar-refractivity contribution in [3.8, 4) is 6.07 Å². The fourth-order valence-corrected chi connectivity index (χ4v) is 2.82. The first-order chi connectivity index (χ1) is 11.1. The molecule has 118 valence electrons. The van der Waals surface area contributed by atoms with E-state index in [0.717, 1.165) is 11.3 Å². The zero-order valence-corrected chi connectivity index (χ0v) is 13.3. The Kier molecular flexibility index (Phi) is 4.11. The van der Waals surface area contributed by atoms with E-state index in [1.807, 2.05) is 24.8 Å². The minimum Gasteiger partial charge on any atom is -0.366 e. The van der Waals surface area contributed by atoms with Crippen LogP contribution in [0.1, 0.15) is 16.8 Å². The fraction of sp³-hybridized carbons (Fsp3) is 0.353. The Labute approximate surface area is 135 Å². The smallest absolute Gasteiger partial charge is 0.169 e. The van der Waals surface area contributed by atoms with Crippen molar-refractivity contribution in [2.75, 3.05) is 36.0 Å². The standard InChI is InChI=1S/C17H18FN5/c1-12-13(2)20-21-17(14(12)11-19)23-9-7-22(8-10-23)16-6-4-3-5-15(16)18/h3-6H,7-10H2,1-2H3. The molecule has 0 spiro atoms. The molecule has 1 aromatic carbocycles. The lowest BCUT2D eigenvalue weighted by atomic mass is 10.1. The molecule has 2 aromatic rings. The molecule has 0 atom stereocenters. The number of rotatable bonds is 2. The zero-order valence-electron chi connectivity index (χ0n) is 13.3. The molecule has 0 radical (unpaired) electrons. The number of aromatic nitrogens is 2. The molecule has 0 N–H and O–H groups in total. The number of para-hydroxylation sites is 1. The number of benzene rings is 1. The van der Waals surface area contributed by atoms with Crippen LogP contribution in [0.4, 0.5) is 15.9 Å².